The van der Waals surface area contributed by atoms with E-state index in [4.69, 9.17) is 22.4 Å². The number of hydrogen-bond donors (Lipinski definition) is 3. The van der Waals surface area contributed by atoms with Gasteiger partial charge in [0.1, 0.15) is 11.9 Å². The van der Waals surface area contributed by atoms with Gasteiger partial charge in [-0.2, -0.15) is 0 Å². The predicted octanol–water partition coefficient (Wildman–Crippen LogP) is 1.15. The fraction of sp³-hybridized carbons (Fsp3) is 0.300. The maximum Gasteiger partial charge on any atom is 0.322 e. The van der Waals surface area contributed by atoms with Crippen LogP contribution in [0.2, 0.25) is 5.02 Å². The number of likely N-dealkylation sites (N-methyl/N-ethyl adjacent to an activating group) is 1. The van der Waals surface area contributed by atoms with Crippen LogP contribution in [0.5, 0.6) is 0 Å². The molecule has 0 aromatic heterocycles. The molecule has 2 unspecified atom stereocenters. The third-order valence-electron chi connectivity index (χ3n) is 2.25. The highest BCUT2D eigenvalue weighted by atomic mass is 35.5. The molecule has 0 spiro atoms. The monoisotopic (exact) mass is 246 g/mol. The Bertz CT molecular complexity index is 400. The van der Waals surface area contributed by atoms with Crippen LogP contribution in [0, 0.1) is 5.82 Å². The van der Waals surface area contributed by atoms with E-state index < -0.39 is 23.9 Å². The molecule has 0 aliphatic carbocycles. The molecule has 1 rings (SSSR count). The van der Waals surface area contributed by atoms with Crippen LogP contribution in [0.4, 0.5) is 4.39 Å². The standard InChI is InChI=1S/C10H12ClFN2O2/c1-14-9(10(15)16)8(13)6-4-5(11)2-3-7(6)12/h2-4,8-9,14H,13H2,1H3,(H,15,16). The summed E-state index contributed by atoms with van der Waals surface area (Å²) < 4.78 is 13.4. The van der Waals surface area contributed by atoms with Gasteiger partial charge >= 0.3 is 5.97 Å². The summed E-state index contributed by atoms with van der Waals surface area (Å²) in [6, 6.07) is 1.80. The van der Waals surface area contributed by atoms with Crippen molar-refractivity contribution < 1.29 is 14.3 Å². The molecule has 88 valence electrons. The van der Waals surface area contributed by atoms with Crippen molar-refractivity contribution in [2.24, 2.45) is 5.73 Å². The van der Waals surface area contributed by atoms with Crippen molar-refractivity contribution in [1.29, 1.82) is 0 Å². The zero-order valence-electron chi connectivity index (χ0n) is 8.58. The third kappa shape index (κ3) is 2.69. The molecule has 0 radical (unpaired) electrons. The number of rotatable bonds is 4. The Morgan fingerprint density at radius 1 is 1.62 bits per heavy atom. The van der Waals surface area contributed by atoms with Gasteiger partial charge in [-0.25, -0.2) is 4.39 Å². The molecule has 4 nitrogen and oxygen atoms in total. The minimum atomic E-state index is -1.14. The zero-order chi connectivity index (χ0) is 12.3. The van der Waals surface area contributed by atoms with Crippen LogP contribution in [0.15, 0.2) is 18.2 Å². The quantitative estimate of drug-likeness (QED) is 0.745. The van der Waals surface area contributed by atoms with Gasteiger partial charge in [-0.15, -0.1) is 0 Å². The number of aliphatic carboxylic acids is 1. The van der Waals surface area contributed by atoms with E-state index in [1.165, 1.54) is 19.2 Å². The number of carboxylic acid groups (broad SMARTS) is 1. The van der Waals surface area contributed by atoms with Crippen LogP contribution >= 0.6 is 11.6 Å². The topological polar surface area (TPSA) is 75.3 Å². The SMILES string of the molecule is CNC(C(=O)O)C(N)c1cc(Cl)ccc1F. The molecular weight excluding hydrogens is 235 g/mol. The maximum absolute atomic E-state index is 13.4. The normalized spacial score (nSPS) is 14.5. The minimum absolute atomic E-state index is 0.0780. The average molecular weight is 247 g/mol. The highest BCUT2D eigenvalue weighted by Crippen LogP contribution is 2.22. The first-order valence-corrected chi connectivity index (χ1v) is 4.95. The van der Waals surface area contributed by atoms with E-state index in [9.17, 15) is 9.18 Å². The minimum Gasteiger partial charge on any atom is -0.480 e. The summed E-state index contributed by atoms with van der Waals surface area (Å²) in [4.78, 5) is 10.8. The van der Waals surface area contributed by atoms with Gasteiger partial charge in [0.15, 0.2) is 0 Å². The lowest BCUT2D eigenvalue weighted by atomic mass is 10.00. The second-order valence-electron chi connectivity index (χ2n) is 3.30. The Morgan fingerprint density at radius 3 is 2.75 bits per heavy atom. The molecule has 0 amide bonds. The maximum atomic E-state index is 13.4. The van der Waals surface area contributed by atoms with Gasteiger partial charge in [0, 0.05) is 10.6 Å². The van der Waals surface area contributed by atoms with E-state index in [2.05, 4.69) is 5.32 Å². The van der Waals surface area contributed by atoms with Crippen LogP contribution in [0.25, 0.3) is 0 Å². The first kappa shape index (κ1) is 12.9. The van der Waals surface area contributed by atoms with Crippen LogP contribution in [0.1, 0.15) is 11.6 Å². The molecule has 0 saturated heterocycles. The van der Waals surface area contributed by atoms with Gasteiger partial charge in [-0.1, -0.05) is 11.6 Å². The first-order chi connectivity index (χ1) is 7.47. The molecule has 0 saturated carbocycles. The molecule has 16 heavy (non-hydrogen) atoms. The molecule has 0 heterocycles. The smallest absolute Gasteiger partial charge is 0.322 e. The second-order valence-corrected chi connectivity index (χ2v) is 3.73. The fourth-order valence-corrected chi connectivity index (χ4v) is 1.59. The summed E-state index contributed by atoms with van der Waals surface area (Å²) in [7, 11) is 1.45. The van der Waals surface area contributed by atoms with Crippen LogP contribution in [0.3, 0.4) is 0 Å². The molecule has 0 aliphatic rings. The van der Waals surface area contributed by atoms with E-state index in [0.717, 1.165) is 6.07 Å². The molecule has 6 heteroatoms. The molecule has 0 fully saturated rings. The van der Waals surface area contributed by atoms with Gasteiger partial charge in [0.25, 0.3) is 0 Å². The lowest BCUT2D eigenvalue weighted by Crippen LogP contribution is -2.43. The largest absolute Gasteiger partial charge is 0.480 e. The molecule has 4 N–H and O–H groups in total. The Kier molecular flexibility index (Phi) is 4.23. The Hall–Kier alpha value is -1.17. The molecule has 1 aromatic carbocycles. The molecule has 0 bridgehead atoms. The summed E-state index contributed by atoms with van der Waals surface area (Å²) >= 11 is 5.70. The van der Waals surface area contributed by atoms with Crippen molar-refractivity contribution >= 4 is 17.6 Å². The number of benzene rings is 1. The summed E-state index contributed by atoms with van der Waals surface area (Å²) in [6.07, 6.45) is 0. The number of carboxylic acids is 1. The van der Waals surface area contributed by atoms with Crippen molar-refractivity contribution in [3.63, 3.8) is 0 Å². The third-order valence-corrected chi connectivity index (χ3v) is 2.49. The highest BCUT2D eigenvalue weighted by molar-refractivity contribution is 6.30. The Balaban J connectivity index is 3.07. The van der Waals surface area contributed by atoms with Gasteiger partial charge in [-0.05, 0) is 25.2 Å². The van der Waals surface area contributed by atoms with Crippen LogP contribution in [-0.2, 0) is 4.79 Å². The molecule has 1 aromatic rings. The Morgan fingerprint density at radius 2 is 2.25 bits per heavy atom. The molecular formula is C10H12ClFN2O2. The average Bonchev–Trinajstić information content (AvgIpc) is 2.22. The summed E-state index contributed by atoms with van der Waals surface area (Å²) in [5, 5.41) is 11.7. The second kappa shape index (κ2) is 5.25. The molecule has 0 aliphatic heterocycles. The first-order valence-electron chi connectivity index (χ1n) is 4.58. The van der Waals surface area contributed by atoms with Gasteiger partial charge < -0.3 is 16.2 Å². The Labute approximate surface area is 97.2 Å². The van der Waals surface area contributed by atoms with E-state index in [1.807, 2.05) is 0 Å². The number of hydrogen-bond acceptors (Lipinski definition) is 3. The van der Waals surface area contributed by atoms with E-state index >= 15 is 0 Å². The van der Waals surface area contributed by atoms with Crippen molar-refractivity contribution in [2.75, 3.05) is 7.05 Å². The van der Waals surface area contributed by atoms with Gasteiger partial charge in [0.2, 0.25) is 0 Å². The number of carbonyl (C=O) groups is 1. The van der Waals surface area contributed by atoms with Crippen molar-refractivity contribution in [3.05, 3.63) is 34.6 Å². The van der Waals surface area contributed by atoms with E-state index in [0.29, 0.717) is 5.02 Å². The highest BCUT2D eigenvalue weighted by Gasteiger charge is 2.26. The van der Waals surface area contributed by atoms with Crippen molar-refractivity contribution in [2.45, 2.75) is 12.1 Å². The number of halogens is 2. The number of nitrogens with two attached hydrogens (primary N) is 1. The van der Waals surface area contributed by atoms with Crippen LogP contribution in [-0.4, -0.2) is 24.2 Å². The zero-order valence-corrected chi connectivity index (χ0v) is 9.33. The fourth-order valence-electron chi connectivity index (χ4n) is 1.41. The van der Waals surface area contributed by atoms with Crippen molar-refractivity contribution in [3.8, 4) is 0 Å². The van der Waals surface area contributed by atoms with E-state index in [1.54, 1.807) is 0 Å². The summed E-state index contributed by atoms with van der Waals surface area (Å²) in [5.74, 6) is -1.72. The van der Waals surface area contributed by atoms with E-state index in [-0.39, 0.29) is 5.56 Å². The number of nitrogens with one attached hydrogen (secondary N) is 1. The summed E-state index contributed by atoms with van der Waals surface area (Å²) in [6.45, 7) is 0. The lowest BCUT2D eigenvalue weighted by molar-refractivity contribution is -0.139. The lowest BCUT2D eigenvalue weighted by Gasteiger charge is -2.20. The summed E-state index contributed by atoms with van der Waals surface area (Å²) in [5.41, 5.74) is 5.76. The van der Waals surface area contributed by atoms with Crippen molar-refractivity contribution in [1.82, 2.24) is 5.32 Å². The van der Waals surface area contributed by atoms with Crippen LogP contribution < -0.4 is 11.1 Å². The molecule has 2 atom stereocenters. The van der Waals surface area contributed by atoms with Gasteiger partial charge in [-0.3, -0.25) is 4.79 Å². The van der Waals surface area contributed by atoms with Gasteiger partial charge in [0.05, 0.1) is 6.04 Å². The predicted molar refractivity (Wildman–Crippen MR) is 58.8 cm³/mol.